The monoisotopic (exact) mass is 674 g/mol. The minimum Gasteiger partial charge on any atom is -0.416 e. The van der Waals surface area contributed by atoms with E-state index in [9.17, 15) is 0 Å². The van der Waals surface area contributed by atoms with Crippen LogP contribution in [0.25, 0.3) is 84.4 Å². The summed E-state index contributed by atoms with van der Waals surface area (Å²) in [6.45, 7) is 6.60. The van der Waals surface area contributed by atoms with Crippen molar-refractivity contribution >= 4 is 22.1 Å². The van der Waals surface area contributed by atoms with E-state index in [4.69, 9.17) is 19.4 Å². The van der Waals surface area contributed by atoms with Gasteiger partial charge in [0.1, 0.15) is 22.4 Å². The van der Waals surface area contributed by atoms with Crippen LogP contribution in [0.2, 0.25) is 0 Å². The summed E-state index contributed by atoms with van der Waals surface area (Å²) in [5.41, 5.74) is 12.5. The maximum atomic E-state index is 6.09. The Morgan fingerprint density at radius 3 is 1.67 bits per heavy atom. The average Bonchev–Trinajstić information content (AvgIpc) is 3.85. The topological polar surface area (TPSA) is 82.5 Å². The Morgan fingerprint density at radius 1 is 0.500 bits per heavy atom. The average molecular weight is 675 g/mol. The van der Waals surface area contributed by atoms with Crippen molar-refractivity contribution < 1.29 is 4.42 Å². The van der Waals surface area contributed by atoms with Gasteiger partial charge in [-0.2, -0.15) is 0 Å². The van der Waals surface area contributed by atoms with Crippen LogP contribution in [0, 0.1) is 0 Å². The number of hydrogen-bond donors (Lipinski definition) is 0. The SMILES string of the molecule is CC(C)(C)c1ccc(-c2nnc(-c3ccc(-c4ccc(-c5nc6c7ncccc7nc(-c7ccccc7)c6n5-c5ccccc5)cc4)cc3)o2)cc1. The number of hydrogen-bond acceptors (Lipinski definition) is 6. The van der Waals surface area contributed by atoms with Crippen LogP contribution < -0.4 is 0 Å². The number of nitrogens with zero attached hydrogens (tertiary/aromatic N) is 6. The van der Waals surface area contributed by atoms with E-state index < -0.39 is 0 Å². The summed E-state index contributed by atoms with van der Waals surface area (Å²) in [5, 5.41) is 8.67. The molecule has 7 nitrogen and oxygen atoms in total. The second-order valence-electron chi connectivity index (χ2n) is 13.9. The van der Waals surface area contributed by atoms with Gasteiger partial charge in [0.05, 0.1) is 11.2 Å². The Labute approximate surface area is 301 Å². The van der Waals surface area contributed by atoms with E-state index in [1.165, 1.54) is 5.56 Å². The maximum Gasteiger partial charge on any atom is 0.248 e. The molecule has 0 spiro atoms. The Balaban J connectivity index is 1.07. The van der Waals surface area contributed by atoms with Crippen molar-refractivity contribution in [2.24, 2.45) is 0 Å². The Morgan fingerprint density at radius 2 is 1.06 bits per heavy atom. The second-order valence-corrected chi connectivity index (χ2v) is 13.9. The van der Waals surface area contributed by atoms with Crippen LogP contribution in [0.1, 0.15) is 26.3 Å². The predicted molar refractivity (Wildman–Crippen MR) is 208 cm³/mol. The highest BCUT2D eigenvalue weighted by Gasteiger charge is 2.22. The third-order valence-electron chi connectivity index (χ3n) is 9.44. The van der Waals surface area contributed by atoms with Gasteiger partial charge in [-0.1, -0.05) is 118 Å². The number of para-hydroxylation sites is 1. The summed E-state index contributed by atoms with van der Waals surface area (Å²) in [4.78, 5) is 15.2. The van der Waals surface area contributed by atoms with E-state index in [0.29, 0.717) is 11.8 Å². The highest BCUT2D eigenvalue weighted by molar-refractivity contribution is 6.07. The first kappa shape index (κ1) is 31.3. The van der Waals surface area contributed by atoms with Gasteiger partial charge in [-0.3, -0.25) is 9.55 Å². The summed E-state index contributed by atoms with van der Waals surface area (Å²) in [7, 11) is 0. The van der Waals surface area contributed by atoms with Crippen molar-refractivity contribution in [1.82, 2.24) is 29.7 Å². The highest BCUT2D eigenvalue weighted by atomic mass is 16.4. The lowest BCUT2D eigenvalue weighted by Crippen LogP contribution is -2.10. The zero-order valence-corrected chi connectivity index (χ0v) is 29.0. The van der Waals surface area contributed by atoms with Crippen molar-refractivity contribution in [2.75, 3.05) is 0 Å². The fourth-order valence-corrected chi connectivity index (χ4v) is 6.65. The first-order chi connectivity index (χ1) is 25.4. The molecule has 0 atom stereocenters. The van der Waals surface area contributed by atoms with Gasteiger partial charge in [0.25, 0.3) is 0 Å². The quantitative estimate of drug-likeness (QED) is 0.175. The minimum atomic E-state index is 0.0804. The third-order valence-corrected chi connectivity index (χ3v) is 9.44. The van der Waals surface area contributed by atoms with Gasteiger partial charge < -0.3 is 4.42 Å². The largest absolute Gasteiger partial charge is 0.416 e. The number of pyridine rings is 2. The molecule has 0 saturated heterocycles. The van der Waals surface area contributed by atoms with Gasteiger partial charge in [-0.05, 0) is 70.6 Å². The molecule has 0 aliphatic carbocycles. The summed E-state index contributed by atoms with van der Waals surface area (Å²) in [6, 6.07) is 49.6. The van der Waals surface area contributed by atoms with Crippen molar-refractivity contribution in [3.63, 3.8) is 0 Å². The van der Waals surface area contributed by atoms with Crippen LogP contribution in [-0.4, -0.2) is 29.7 Å². The van der Waals surface area contributed by atoms with Gasteiger partial charge >= 0.3 is 0 Å². The number of aromatic nitrogens is 6. The normalized spacial score (nSPS) is 11.8. The van der Waals surface area contributed by atoms with Crippen LogP contribution >= 0.6 is 0 Å². The molecule has 250 valence electrons. The van der Waals surface area contributed by atoms with Crippen molar-refractivity contribution in [1.29, 1.82) is 0 Å². The van der Waals surface area contributed by atoms with E-state index in [1.807, 2.05) is 72.8 Å². The molecule has 4 aromatic heterocycles. The van der Waals surface area contributed by atoms with Gasteiger partial charge in [0.15, 0.2) is 0 Å². The van der Waals surface area contributed by atoms with Gasteiger partial charge in [0.2, 0.25) is 11.8 Å². The Bertz CT molecular complexity index is 2670. The summed E-state index contributed by atoms with van der Waals surface area (Å²) >= 11 is 0. The van der Waals surface area contributed by atoms with E-state index in [1.54, 1.807) is 6.20 Å². The summed E-state index contributed by atoms with van der Waals surface area (Å²) in [6.07, 6.45) is 1.80. The van der Waals surface area contributed by atoms with Crippen LogP contribution in [0.15, 0.2) is 156 Å². The molecule has 0 aliphatic rings. The third kappa shape index (κ3) is 5.62. The van der Waals surface area contributed by atoms with Crippen molar-refractivity contribution in [3.05, 3.63) is 157 Å². The van der Waals surface area contributed by atoms with Crippen LogP contribution in [0.5, 0.6) is 0 Å². The molecule has 0 N–H and O–H groups in total. The zero-order valence-electron chi connectivity index (χ0n) is 29.0. The predicted octanol–water partition coefficient (Wildman–Crippen LogP) is 11.0. The number of fused-ring (bicyclic) bond motifs is 3. The zero-order chi connectivity index (χ0) is 35.2. The molecule has 5 aromatic carbocycles. The molecular weight excluding hydrogens is 641 g/mol. The van der Waals surface area contributed by atoms with E-state index in [2.05, 4.69) is 108 Å². The molecule has 0 fully saturated rings. The van der Waals surface area contributed by atoms with Crippen molar-refractivity contribution in [2.45, 2.75) is 26.2 Å². The lowest BCUT2D eigenvalue weighted by molar-refractivity contribution is 0.582. The molecule has 0 saturated carbocycles. The number of benzene rings is 5. The molecule has 7 heteroatoms. The molecule has 9 rings (SSSR count). The fourth-order valence-electron chi connectivity index (χ4n) is 6.65. The smallest absolute Gasteiger partial charge is 0.248 e. The molecule has 52 heavy (non-hydrogen) atoms. The highest BCUT2D eigenvalue weighted by Crippen LogP contribution is 2.38. The summed E-state index contributed by atoms with van der Waals surface area (Å²) < 4.78 is 8.30. The summed E-state index contributed by atoms with van der Waals surface area (Å²) in [5.74, 6) is 1.82. The standard InChI is InChI=1S/C45H34N6O/c1-45(2,3)35-26-24-34(25-27-35)44-50-49-43(52-44)33-22-18-30(19-23-33)29-16-20-32(21-17-29)42-48-40-39-37(15-10-28-46-39)47-38(31-11-6-4-7-12-31)41(40)51(42)36-13-8-5-9-14-36/h4-28H,1-3H3. The lowest BCUT2D eigenvalue weighted by atomic mass is 9.87. The molecule has 9 aromatic rings. The van der Waals surface area contributed by atoms with E-state index >= 15 is 0 Å². The molecule has 0 unspecified atom stereocenters. The lowest BCUT2D eigenvalue weighted by Gasteiger charge is -2.18. The minimum absolute atomic E-state index is 0.0804. The molecular formula is C45H34N6O. The van der Waals surface area contributed by atoms with Crippen molar-refractivity contribution in [3.8, 4) is 62.4 Å². The molecule has 0 radical (unpaired) electrons. The van der Waals surface area contributed by atoms with Crippen LogP contribution in [0.3, 0.4) is 0 Å². The Kier molecular flexibility index (Phi) is 7.55. The van der Waals surface area contributed by atoms with Gasteiger partial charge in [-0.25, -0.2) is 9.97 Å². The first-order valence-corrected chi connectivity index (χ1v) is 17.3. The van der Waals surface area contributed by atoms with Gasteiger partial charge in [0, 0.05) is 34.1 Å². The first-order valence-electron chi connectivity index (χ1n) is 17.3. The molecule has 4 heterocycles. The van der Waals surface area contributed by atoms with Crippen LogP contribution in [0.4, 0.5) is 0 Å². The second kappa shape index (κ2) is 12.5. The molecule has 0 bridgehead atoms. The molecule has 0 amide bonds. The van der Waals surface area contributed by atoms with E-state index in [0.717, 1.165) is 72.7 Å². The fraction of sp³-hybridized carbons (Fsp3) is 0.0889. The van der Waals surface area contributed by atoms with Gasteiger partial charge in [-0.15, -0.1) is 10.2 Å². The maximum absolute atomic E-state index is 6.09. The van der Waals surface area contributed by atoms with E-state index in [-0.39, 0.29) is 5.41 Å². The molecule has 0 aliphatic heterocycles. The number of imidazole rings is 1. The Hall–Kier alpha value is -6.73. The number of rotatable bonds is 6. The van der Waals surface area contributed by atoms with Crippen LogP contribution in [-0.2, 0) is 5.41 Å².